The van der Waals surface area contributed by atoms with Crippen molar-refractivity contribution in [3.05, 3.63) is 46.4 Å². The number of benzene rings is 1. The molecule has 0 N–H and O–H groups in total. The second kappa shape index (κ2) is 10.7. The number of amides is 1. The highest BCUT2D eigenvalue weighted by atomic mass is 32.1. The molecular weight excluding hydrogens is 384 g/mol. The minimum Gasteiger partial charge on any atom is -0.496 e. The fourth-order valence-corrected chi connectivity index (χ4v) is 4.43. The molecule has 1 aromatic carbocycles. The van der Waals surface area contributed by atoms with E-state index in [4.69, 9.17) is 4.74 Å². The molecule has 1 saturated heterocycles. The molecule has 1 atom stereocenters. The van der Waals surface area contributed by atoms with E-state index in [-0.39, 0.29) is 5.91 Å². The van der Waals surface area contributed by atoms with Gasteiger partial charge in [0.05, 0.1) is 12.6 Å². The number of carbonyl (C=O) groups is 1. The molecule has 2 heterocycles. The number of methoxy groups -OCH3 is 1. The molecule has 0 saturated carbocycles. The highest BCUT2D eigenvalue weighted by molar-refractivity contribution is 7.07. The Morgan fingerprint density at radius 2 is 2.14 bits per heavy atom. The summed E-state index contributed by atoms with van der Waals surface area (Å²) in [6.07, 6.45) is 2.32. The number of aromatic nitrogens is 1. The summed E-state index contributed by atoms with van der Waals surface area (Å²) in [5.41, 5.74) is 3.52. The van der Waals surface area contributed by atoms with Gasteiger partial charge in [-0.15, -0.1) is 11.3 Å². The largest absolute Gasteiger partial charge is 0.496 e. The average molecular weight is 417 g/mol. The van der Waals surface area contributed by atoms with Crippen molar-refractivity contribution < 1.29 is 9.53 Å². The molecule has 0 radical (unpaired) electrons. The molecule has 2 aromatic rings. The van der Waals surface area contributed by atoms with E-state index in [0.717, 1.165) is 57.9 Å². The van der Waals surface area contributed by atoms with Gasteiger partial charge in [0, 0.05) is 43.7 Å². The first-order valence-electron chi connectivity index (χ1n) is 10.2. The van der Waals surface area contributed by atoms with Gasteiger partial charge in [-0.25, -0.2) is 4.98 Å². The number of para-hydroxylation sites is 1. The van der Waals surface area contributed by atoms with E-state index in [2.05, 4.69) is 26.9 Å². The summed E-state index contributed by atoms with van der Waals surface area (Å²) in [5.74, 6) is 1.47. The van der Waals surface area contributed by atoms with Gasteiger partial charge in [0.1, 0.15) is 11.4 Å². The Morgan fingerprint density at radius 1 is 1.31 bits per heavy atom. The van der Waals surface area contributed by atoms with E-state index < -0.39 is 0 Å². The first kappa shape index (κ1) is 21.7. The van der Waals surface area contributed by atoms with Crippen LogP contribution in [0.4, 0.5) is 0 Å². The number of ether oxygens (including phenoxy) is 1. The first-order chi connectivity index (χ1) is 14.1. The van der Waals surface area contributed by atoms with Crippen LogP contribution in [-0.4, -0.2) is 79.5 Å². The summed E-state index contributed by atoms with van der Waals surface area (Å²) in [7, 11) is 5.81. The van der Waals surface area contributed by atoms with Crippen molar-refractivity contribution in [2.45, 2.75) is 19.4 Å². The molecule has 1 aromatic heterocycles. The van der Waals surface area contributed by atoms with Gasteiger partial charge >= 0.3 is 0 Å². The van der Waals surface area contributed by atoms with Crippen LogP contribution in [-0.2, 0) is 6.54 Å². The van der Waals surface area contributed by atoms with Crippen LogP contribution in [0.25, 0.3) is 0 Å². The molecule has 3 rings (SSSR count). The van der Waals surface area contributed by atoms with E-state index in [0.29, 0.717) is 11.6 Å². The van der Waals surface area contributed by atoms with Crippen LogP contribution in [0.15, 0.2) is 35.2 Å². The van der Waals surface area contributed by atoms with Gasteiger partial charge in [-0.2, -0.15) is 0 Å². The van der Waals surface area contributed by atoms with Crippen molar-refractivity contribution >= 4 is 17.2 Å². The first-order valence-corrected chi connectivity index (χ1v) is 11.2. The van der Waals surface area contributed by atoms with Crippen molar-refractivity contribution in [3.63, 3.8) is 0 Å². The maximum atomic E-state index is 13.0. The zero-order chi connectivity index (χ0) is 20.6. The van der Waals surface area contributed by atoms with E-state index in [1.165, 1.54) is 16.9 Å². The van der Waals surface area contributed by atoms with E-state index in [1.807, 2.05) is 36.5 Å². The number of hydrogen-bond acceptors (Lipinski definition) is 6. The average Bonchev–Trinajstić information content (AvgIpc) is 3.26. The maximum absolute atomic E-state index is 13.0. The molecule has 158 valence electrons. The molecule has 1 unspecified atom stereocenters. The van der Waals surface area contributed by atoms with Gasteiger partial charge in [-0.3, -0.25) is 9.69 Å². The topological polar surface area (TPSA) is 48.9 Å². The fraction of sp³-hybridized carbons (Fsp3) is 0.545. The van der Waals surface area contributed by atoms with Gasteiger partial charge < -0.3 is 14.5 Å². The maximum Gasteiger partial charge on any atom is 0.273 e. The predicted molar refractivity (Wildman–Crippen MR) is 118 cm³/mol. The molecular formula is C22H32N4O2S. The Morgan fingerprint density at radius 3 is 2.86 bits per heavy atom. The van der Waals surface area contributed by atoms with E-state index >= 15 is 0 Å². The van der Waals surface area contributed by atoms with Gasteiger partial charge in [-0.1, -0.05) is 18.2 Å². The summed E-state index contributed by atoms with van der Waals surface area (Å²) in [5, 5.41) is 1.85. The zero-order valence-electron chi connectivity index (χ0n) is 17.7. The van der Waals surface area contributed by atoms with Crippen molar-refractivity contribution in [2.75, 3.05) is 53.9 Å². The van der Waals surface area contributed by atoms with E-state index in [1.54, 1.807) is 12.6 Å². The lowest BCUT2D eigenvalue weighted by Gasteiger charge is -2.36. The number of hydrogen-bond donors (Lipinski definition) is 0. The minimum absolute atomic E-state index is 0.0509. The lowest BCUT2D eigenvalue weighted by atomic mass is 9.96. The van der Waals surface area contributed by atoms with Gasteiger partial charge in [-0.05, 0) is 45.5 Å². The highest BCUT2D eigenvalue weighted by Gasteiger charge is 2.26. The summed E-state index contributed by atoms with van der Waals surface area (Å²) < 4.78 is 5.52. The second-order valence-electron chi connectivity index (χ2n) is 7.98. The standard InChI is InChI=1S/C22H32N4O2S/c1-24(2)11-12-26(22(27)20-16-29-17-23-20)14-18-7-6-10-25(13-18)15-19-8-4-5-9-21(19)28-3/h4-5,8-9,16-18H,6-7,10-15H2,1-3H3. The second-order valence-corrected chi connectivity index (χ2v) is 8.70. The lowest BCUT2D eigenvalue weighted by molar-refractivity contribution is 0.0655. The Bertz CT molecular complexity index is 766. The molecule has 1 aliphatic heterocycles. The summed E-state index contributed by atoms with van der Waals surface area (Å²) in [4.78, 5) is 23.8. The smallest absolute Gasteiger partial charge is 0.273 e. The van der Waals surface area contributed by atoms with Crippen LogP contribution in [0.3, 0.4) is 0 Å². The SMILES string of the molecule is COc1ccccc1CN1CCCC(CN(CCN(C)C)C(=O)c2cscn2)C1. The van der Waals surface area contributed by atoms with Crippen LogP contribution in [0.1, 0.15) is 28.9 Å². The highest BCUT2D eigenvalue weighted by Crippen LogP contribution is 2.24. The van der Waals surface area contributed by atoms with Gasteiger partial charge in [0.25, 0.3) is 5.91 Å². The van der Waals surface area contributed by atoms with E-state index in [9.17, 15) is 4.79 Å². The molecule has 1 aliphatic rings. The minimum atomic E-state index is 0.0509. The van der Waals surface area contributed by atoms with Gasteiger partial charge in [0.2, 0.25) is 0 Å². The third-order valence-corrected chi connectivity index (χ3v) is 6.01. The Balaban J connectivity index is 1.63. The number of thiazole rings is 1. The van der Waals surface area contributed by atoms with Crippen molar-refractivity contribution in [2.24, 2.45) is 5.92 Å². The number of nitrogens with zero attached hydrogens (tertiary/aromatic N) is 4. The van der Waals surface area contributed by atoms with Crippen LogP contribution < -0.4 is 4.74 Å². The fourth-order valence-electron chi connectivity index (χ4n) is 3.91. The molecule has 0 spiro atoms. The van der Waals surface area contributed by atoms with Crippen LogP contribution in [0.5, 0.6) is 5.75 Å². The summed E-state index contributed by atoms with van der Waals surface area (Å²) in [6.45, 7) is 5.35. The molecule has 7 heteroatoms. The molecule has 0 aliphatic carbocycles. The molecule has 1 amide bonds. The number of likely N-dealkylation sites (tertiary alicyclic amines) is 1. The normalized spacial score (nSPS) is 17.4. The van der Waals surface area contributed by atoms with Crippen molar-refractivity contribution in [1.29, 1.82) is 0 Å². The Labute approximate surface area is 178 Å². The number of likely N-dealkylation sites (N-methyl/N-ethyl adjacent to an activating group) is 1. The lowest BCUT2D eigenvalue weighted by Crippen LogP contribution is -2.44. The molecule has 1 fully saturated rings. The molecule has 29 heavy (non-hydrogen) atoms. The van der Waals surface area contributed by atoms with Gasteiger partial charge in [0.15, 0.2) is 0 Å². The number of piperidine rings is 1. The van der Waals surface area contributed by atoms with Crippen LogP contribution in [0, 0.1) is 5.92 Å². The molecule has 6 nitrogen and oxygen atoms in total. The quantitative estimate of drug-likeness (QED) is 0.629. The number of rotatable bonds is 9. The summed E-state index contributed by atoms with van der Waals surface area (Å²) >= 11 is 1.47. The van der Waals surface area contributed by atoms with Crippen molar-refractivity contribution in [1.82, 2.24) is 19.7 Å². The van der Waals surface area contributed by atoms with Crippen LogP contribution >= 0.6 is 11.3 Å². The predicted octanol–water partition coefficient (Wildman–Crippen LogP) is 3.07. The Hall–Kier alpha value is -1.96. The third kappa shape index (κ3) is 6.26. The number of carbonyl (C=O) groups excluding carboxylic acids is 1. The van der Waals surface area contributed by atoms with Crippen LogP contribution in [0.2, 0.25) is 0 Å². The summed E-state index contributed by atoms with van der Waals surface area (Å²) in [6, 6.07) is 8.23. The zero-order valence-corrected chi connectivity index (χ0v) is 18.5. The molecule has 0 bridgehead atoms. The third-order valence-electron chi connectivity index (χ3n) is 5.42. The Kier molecular flexibility index (Phi) is 8.03. The van der Waals surface area contributed by atoms with Crippen molar-refractivity contribution in [3.8, 4) is 5.75 Å². The monoisotopic (exact) mass is 416 g/mol.